The second kappa shape index (κ2) is 19.5. The summed E-state index contributed by atoms with van der Waals surface area (Å²) in [4.78, 5) is 0. The highest BCUT2D eigenvalue weighted by molar-refractivity contribution is 7.89. The normalized spacial score (nSPS) is 11.6. The molecule has 0 aliphatic carbocycles. The molecule has 0 aliphatic heterocycles. The highest BCUT2D eigenvalue weighted by Crippen LogP contribution is 2.53. The Bertz CT molecular complexity index is 3320. The van der Waals surface area contributed by atoms with E-state index in [0.717, 1.165) is 33.2 Å². The zero-order chi connectivity index (χ0) is 52.5. The van der Waals surface area contributed by atoms with Crippen LogP contribution < -0.4 is 21.9 Å². The van der Waals surface area contributed by atoms with E-state index in [1.54, 1.807) is 7.17 Å². The minimum Gasteiger partial charge on any atom is -0.103 e. The van der Waals surface area contributed by atoms with Gasteiger partial charge >= 0.3 is 0 Å². The highest BCUT2D eigenvalue weighted by atomic mass is 14.3. The van der Waals surface area contributed by atoms with Gasteiger partial charge in [0.05, 0.1) is 20.2 Å². The van der Waals surface area contributed by atoms with Crippen LogP contribution in [0.3, 0.4) is 0 Å². The van der Waals surface area contributed by atoms with E-state index in [1.165, 1.54) is 134 Å². The van der Waals surface area contributed by atoms with Gasteiger partial charge in [0.2, 0.25) is 0 Å². The van der Waals surface area contributed by atoms with Crippen molar-refractivity contribution in [3.05, 3.63) is 100 Å². The van der Waals surface area contributed by atoms with Gasteiger partial charge in [-0.05, 0) is 285 Å². The molecule has 316 valence electrons. The monoisotopic (exact) mass is 877 g/mol. The fourth-order valence-corrected chi connectivity index (χ4v) is 13.1. The SMILES string of the molecule is [B][B]B([B])B(B([B])[B])c1c(B(B([B])[B])B([B])[B])c(C)c(C)c2c(C)c(-c3c4c(C)c(C)c(C)c(C)c4c(-c4c(C)c(C)c5c(C)c(C)c(C)c(C)c5c4C)c4c(C)c(C)c(C)c(C)c34)c([B][B])c([B])c12. The lowest BCUT2D eigenvalue weighted by Gasteiger charge is -2.37. The molecule has 7 aromatic carbocycles. The summed E-state index contributed by atoms with van der Waals surface area (Å²) in [5.41, 5.74) is 29.2. The van der Waals surface area contributed by atoms with Gasteiger partial charge < -0.3 is 0 Å². The van der Waals surface area contributed by atoms with E-state index in [4.69, 9.17) is 77.5 Å². The molecule has 0 atom stereocenters. The molecule has 22 radical (unpaired) electrons. The van der Waals surface area contributed by atoms with Crippen molar-refractivity contribution in [2.75, 3.05) is 0 Å². The van der Waals surface area contributed by atoms with Gasteiger partial charge in [-0.3, -0.25) is 0 Å². The Hall–Kier alpha value is -3.25. The summed E-state index contributed by atoms with van der Waals surface area (Å²) in [5, 5.41) is 9.16. The van der Waals surface area contributed by atoms with Crippen LogP contribution in [0.1, 0.15) is 100 Å². The van der Waals surface area contributed by atoms with Gasteiger partial charge in [-0.1, -0.05) is 22.0 Å². The number of hydrogen-bond donors (Lipinski definition) is 0. The van der Waals surface area contributed by atoms with Gasteiger partial charge in [0, 0.05) is 102 Å². The van der Waals surface area contributed by atoms with Crippen LogP contribution in [0.5, 0.6) is 0 Å². The third kappa shape index (κ3) is 7.71. The van der Waals surface area contributed by atoms with E-state index in [-0.39, 0.29) is 0 Å². The molecule has 0 spiro atoms. The van der Waals surface area contributed by atoms with Gasteiger partial charge in [-0.15, -0.1) is 5.46 Å². The summed E-state index contributed by atoms with van der Waals surface area (Å²) >= 11 is 0. The van der Waals surface area contributed by atoms with E-state index in [0.29, 0.717) is 27.2 Å². The summed E-state index contributed by atoms with van der Waals surface area (Å²) < 4.78 is 0. The topological polar surface area (TPSA) is 0 Å². The number of rotatable bonds is 10. The minimum atomic E-state index is -0.979. The summed E-state index contributed by atoms with van der Waals surface area (Å²) in [7, 11) is 70.8. The molecule has 0 saturated heterocycles. The van der Waals surface area contributed by atoms with Gasteiger partial charge in [0.15, 0.2) is 0 Å². The molecule has 0 saturated carbocycles. The quantitative estimate of drug-likeness (QED) is 0.134. The maximum Gasteiger partial charge on any atom is 0.113 e. The molecule has 18 heteroatoms. The Morgan fingerprint density at radius 2 is 0.586 bits per heavy atom. The van der Waals surface area contributed by atoms with E-state index in [1.807, 2.05) is 6.92 Å². The van der Waals surface area contributed by atoms with Gasteiger partial charge in [-0.2, -0.15) is 0 Å². The molecule has 7 aromatic rings. The molecule has 0 nitrogen and oxygen atoms in total. The Morgan fingerprint density at radius 1 is 0.286 bits per heavy atom. The molecule has 0 heterocycles. The third-order valence-corrected chi connectivity index (χ3v) is 18.1. The average Bonchev–Trinajstić information content (AvgIpc) is 3.30. The Morgan fingerprint density at radius 3 is 0.943 bits per heavy atom. The minimum absolute atomic E-state index is 0.442. The zero-order valence-corrected chi connectivity index (χ0v) is 45.4. The molecule has 0 amide bonds. The van der Waals surface area contributed by atoms with E-state index < -0.39 is 38.5 Å². The molecule has 0 fully saturated rings. The number of aryl methyl sites for hydroxylation is 10. The predicted molar refractivity (Wildman–Crippen MR) is 335 cm³/mol. The van der Waals surface area contributed by atoms with Crippen molar-refractivity contribution in [1.82, 2.24) is 0 Å². The fourth-order valence-electron chi connectivity index (χ4n) is 13.1. The largest absolute Gasteiger partial charge is 0.113 e. The Labute approximate surface area is 439 Å². The second-order valence-electron chi connectivity index (χ2n) is 21.1. The Kier molecular flexibility index (Phi) is 15.2. The van der Waals surface area contributed by atoms with Crippen molar-refractivity contribution in [2.45, 2.75) is 125 Å². The number of benzene rings is 7. The third-order valence-electron chi connectivity index (χ3n) is 18.1. The fraction of sp³-hybridized carbons (Fsp3) is 0.346. The first-order valence-electron chi connectivity index (χ1n) is 24.8. The average molecular weight is 874 g/mol. The van der Waals surface area contributed by atoms with Gasteiger partial charge in [-0.25, -0.2) is 0 Å². The van der Waals surface area contributed by atoms with Crippen molar-refractivity contribution in [2.24, 2.45) is 0 Å². The maximum absolute atomic E-state index is 7.77. The van der Waals surface area contributed by atoms with Crippen LogP contribution in [0.2, 0.25) is 0 Å². The molecule has 7 rings (SSSR count). The van der Waals surface area contributed by atoms with Crippen molar-refractivity contribution in [3.63, 3.8) is 0 Å². The van der Waals surface area contributed by atoms with Crippen LogP contribution in [-0.2, 0) is 0 Å². The van der Waals surface area contributed by atoms with Crippen LogP contribution in [-0.4, -0.2) is 130 Å². The molecule has 0 aliphatic rings. The van der Waals surface area contributed by atoms with Crippen LogP contribution in [0.4, 0.5) is 0 Å². The molecule has 0 bridgehead atoms. The lowest BCUT2D eigenvalue weighted by Crippen LogP contribution is -2.72. The van der Waals surface area contributed by atoms with Gasteiger partial charge in [0.1, 0.15) is 7.85 Å². The maximum atomic E-state index is 7.77. The Balaban J connectivity index is 1.90. The molecule has 0 unspecified atom stereocenters. The van der Waals surface area contributed by atoms with E-state index in [2.05, 4.69) is 118 Å². The summed E-state index contributed by atoms with van der Waals surface area (Å²) in [6, 6.07) is 0. The standard InChI is InChI=1S/C52H54B18/c1-19-20(2)26(8)38-35(17)39(32(14)31(13)37(38)25(19)7)46-41-27(9)21(3)23(5)29(11)43(41)47(44-30(12)24(6)22(4)28(10)42(44)46)45-36(18)40-33(15)34(16)51(65(67(56)57)68(58)59)52(48(40)49(53)50(45)63-54)66(69(60)61)70(62)64-55/h1-18H3. The van der Waals surface area contributed by atoms with Gasteiger partial charge in [0.25, 0.3) is 0 Å². The first-order chi connectivity index (χ1) is 32.6. The first-order valence-corrected chi connectivity index (χ1v) is 24.8. The summed E-state index contributed by atoms with van der Waals surface area (Å²) in [5.74, 6) is 0. The van der Waals surface area contributed by atoms with Crippen LogP contribution in [0, 0.1) is 125 Å². The molecule has 70 heavy (non-hydrogen) atoms. The van der Waals surface area contributed by atoms with Crippen LogP contribution in [0.15, 0.2) is 0 Å². The van der Waals surface area contributed by atoms with Crippen LogP contribution >= 0.6 is 0 Å². The zero-order valence-electron chi connectivity index (χ0n) is 45.4. The molecule has 0 aromatic heterocycles. The molecular weight excluding hydrogens is 819 g/mol. The van der Waals surface area contributed by atoms with Crippen molar-refractivity contribution < 1.29 is 0 Å². The van der Waals surface area contributed by atoms with Crippen molar-refractivity contribution in [1.29, 1.82) is 0 Å². The lowest BCUT2D eigenvalue weighted by atomic mass is 8.67. The molecular formula is C52H54B18. The number of hydrogen-bond acceptors (Lipinski definition) is 0. The predicted octanol–water partition coefficient (Wildman–Crippen LogP) is 5.03. The van der Waals surface area contributed by atoms with Crippen molar-refractivity contribution >= 4 is 195 Å². The smallest absolute Gasteiger partial charge is 0.103 e. The molecule has 0 N–H and O–H groups in total. The lowest BCUT2D eigenvalue weighted by molar-refractivity contribution is 1.22. The second-order valence-corrected chi connectivity index (χ2v) is 21.1. The summed E-state index contributed by atoms with van der Waals surface area (Å²) in [6.07, 6.45) is -3.67. The van der Waals surface area contributed by atoms with E-state index >= 15 is 0 Å². The number of fused-ring (bicyclic) bond motifs is 4. The first kappa shape index (κ1) is 54.5. The van der Waals surface area contributed by atoms with Crippen LogP contribution in [0.25, 0.3) is 65.3 Å². The highest BCUT2D eigenvalue weighted by Gasteiger charge is 2.38. The van der Waals surface area contributed by atoms with E-state index in [9.17, 15) is 0 Å². The summed E-state index contributed by atoms with van der Waals surface area (Å²) in [6.45, 7) is 39.2. The van der Waals surface area contributed by atoms with Crippen molar-refractivity contribution in [3.8, 4) is 22.3 Å².